The molecule has 0 saturated carbocycles. The van der Waals surface area contributed by atoms with Crippen LogP contribution in [0.15, 0.2) is 30.7 Å². The molecule has 0 N–H and O–H groups in total. The van der Waals surface area contributed by atoms with Crippen molar-refractivity contribution in [2.75, 3.05) is 0 Å². The van der Waals surface area contributed by atoms with Gasteiger partial charge in [-0.1, -0.05) is 0 Å². The zero-order valence-corrected chi connectivity index (χ0v) is 12.5. The van der Waals surface area contributed by atoms with Crippen LogP contribution in [0, 0.1) is 5.82 Å². The SMILES string of the molecule is [CH3][Sn]([CH3])([CH3])[c]1ccc(F)cc1C1OC=CO1. The van der Waals surface area contributed by atoms with E-state index >= 15 is 0 Å². The summed E-state index contributed by atoms with van der Waals surface area (Å²) >= 11 is -2.27. The van der Waals surface area contributed by atoms with Gasteiger partial charge in [0.15, 0.2) is 0 Å². The van der Waals surface area contributed by atoms with Crippen LogP contribution in [-0.4, -0.2) is 18.4 Å². The van der Waals surface area contributed by atoms with Crippen molar-refractivity contribution in [3.8, 4) is 0 Å². The van der Waals surface area contributed by atoms with Crippen LogP contribution in [0.1, 0.15) is 11.9 Å². The minimum atomic E-state index is -2.27. The van der Waals surface area contributed by atoms with Crippen LogP contribution in [0.4, 0.5) is 4.39 Å². The summed E-state index contributed by atoms with van der Waals surface area (Å²) in [7, 11) is 0. The Morgan fingerprint density at radius 2 is 1.75 bits per heavy atom. The molecule has 0 bridgehead atoms. The summed E-state index contributed by atoms with van der Waals surface area (Å²) in [4.78, 5) is 6.86. The van der Waals surface area contributed by atoms with E-state index in [9.17, 15) is 4.39 Å². The van der Waals surface area contributed by atoms with Gasteiger partial charge in [-0.25, -0.2) is 0 Å². The Kier molecular flexibility index (Phi) is 3.14. The van der Waals surface area contributed by atoms with Gasteiger partial charge in [0.05, 0.1) is 0 Å². The molecule has 0 amide bonds. The Balaban J connectivity index is 2.44. The Bertz CT molecular complexity index is 416. The molecule has 1 aromatic rings. The minimum absolute atomic E-state index is 0.242. The monoisotopic (exact) mass is 330 g/mol. The molecule has 16 heavy (non-hydrogen) atoms. The van der Waals surface area contributed by atoms with Gasteiger partial charge in [0.1, 0.15) is 0 Å². The predicted octanol–water partition coefficient (Wildman–Crippen LogP) is 2.89. The summed E-state index contributed by atoms with van der Waals surface area (Å²) in [5, 5.41) is 0. The van der Waals surface area contributed by atoms with E-state index in [0.29, 0.717) is 0 Å². The molecule has 0 spiro atoms. The number of hydrogen-bond donors (Lipinski definition) is 0. The van der Waals surface area contributed by atoms with E-state index in [1.54, 1.807) is 0 Å². The van der Waals surface area contributed by atoms with Gasteiger partial charge in [0.2, 0.25) is 0 Å². The van der Waals surface area contributed by atoms with Crippen molar-refractivity contribution >= 4 is 22.0 Å². The third-order valence-corrected chi connectivity index (χ3v) is 8.45. The summed E-state index contributed by atoms with van der Waals surface area (Å²) in [6.07, 6.45) is 2.52. The van der Waals surface area contributed by atoms with Crippen molar-refractivity contribution < 1.29 is 13.9 Å². The topological polar surface area (TPSA) is 18.5 Å². The molecule has 1 aromatic carbocycles. The summed E-state index contributed by atoms with van der Waals surface area (Å²) in [6.45, 7) is 0. The standard InChI is InChI=1S/C9H6FO2.3CH3.Sn/c10-8-3-1-2-7(6-8)9-11-4-5-12-9;;;;/h1,3-6,9H;3*1H3;. The second-order valence-electron chi connectivity index (χ2n) is 4.86. The molecule has 0 aliphatic carbocycles. The molecule has 2 rings (SSSR count). The quantitative estimate of drug-likeness (QED) is 0.777. The Morgan fingerprint density at radius 3 is 2.31 bits per heavy atom. The van der Waals surface area contributed by atoms with E-state index in [1.165, 1.54) is 28.2 Å². The summed E-state index contributed by atoms with van der Waals surface area (Å²) < 4.78 is 25.1. The molecule has 2 nitrogen and oxygen atoms in total. The first-order valence-corrected chi connectivity index (χ1v) is 15.2. The zero-order valence-electron chi connectivity index (χ0n) is 9.66. The molecule has 0 fully saturated rings. The number of halogens is 1. The van der Waals surface area contributed by atoms with Crippen LogP contribution in [0.2, 0.25) is 14.8 Å². The molecule has 0 aromatic heterocycles. The summed E-state index contributed by atoms with van der Waals surface area (Å²) in [5.74, 6) is -0.242. The van der Waals surface area contributed by atoms with E-state index in [-0.39, 0.29) is 5.82 Å². The molecule has 4 heteroatoms. The molecule has 86 valence electrons. The molecule has 0 saturated heterocycles. The van der Waals surface area contributed by atoms with E-state index in [0.717, 1.165) is 5.56 Å². The first kappa shape index (κ1) is 11.8. The van der Waals surface area contributed by atoms with Gasteiger partial charge >= 0.3 is 99.0 Å². The van der Waals surface area contributed by atoms with Gasteiger partial charge in [-0.3, -0.25) is 0 Å². The van der Waals surface area contributed by atoms with Crippen molar-refractivity contribution in [3.63, 3.8) is 0 Å². The van der Waals surface area contributed by atoms with Crippen molar-refractivity contribution in [3.05, 3.63) is 42.1 Å². The van der Waals surface area contributed by atoms with Crippen LogP contribution >= 0.6 is 0 Å². The van der Waals surface area contributed by atoms with Gasteiger partial charge in [0, 0.05) is 0 Å². The Hall–Kier alpha value is -0.711. The molecule has 0 atom stereocenters. The normalized spacial score (nSPS) is 16.0. The molecular formula is C12H15FO2Sn. The zero-order chi connectivity index (χ0) is 11.8. The average Bonchev–Trinajstić information content (AvgIpc) is 2.68. The van der Waals surface area contributed by atoms with Gasteiger partial charge in [-0.05, 0) is 0 Å². The van der Waals surface area contributed by atoms with E-state index in [2.05, 4.69) is 14.8 Å². The Morgan fingerprint density at radius 1 is 1.12 bits per heavy atom. The van der Waals surface area contributed by atoms with Gasteiger partial charge < -0.3 is 0 Å². The van der Waals surface area contributed by atoms with Crippen LogP contribution in [0.3, 0.4) is 0 Å². The molecule has 0 radical (unpaired) electrons. The number of rotatable bonds is 2. The first-order valence-electron chi connectivity index (χ1n) is 5.24. The van der Waals surface area contributed by atoms with E-state index in [1.807, 2.05) is 6.07 Å². The molecular weight excluding hydrogens is 314 g/mol. The van der Waals surface area contributed by atoms with Crippen LogP contribution < -0.4 is 3.58 Å². The first-order chi connectivity index (χ1) is 7.48. The molecule has 0 unspecified atom stereocenters. The van der Waals surface area contributed by atoms with E-state index in [4.69, 9.17) is 9.47 Å². The van der Waals surface area contributed by atoms with Crippen molar-refractivity contribution in [2.24, 2.45) is 0 Å². The number of ether oxygens (including phenoxy) is 2. The fourth-order valence-electron chi connectivity index (χ4n) is 1.80. The number of benzene rings is 1. The van der Waals surface area contributed by atoms with Crippen LogP contribution in [-0.2, 0) is 9.47 Å². The number of hydrogen-bond acceptors (Lipinski definition) is 2. The molecule has 1 aliphatic rings. The maximum atomic E-state index is 13.3. The van der Waals surface area contributed by atoms with Gasteiger partial charge in [-0.15, -0.1) is 0 Å². The fraction of sp³-hybridized carbons (Fsp3) is 0.333. The second-order valence-corrected chi connectivity index (χ2v) is 19.2. The average molecular weight is 329 g/mol. The maximum absolute atomic E-state index is 13.3. The van der Waals surface area contributed by atoms with Crippen molar-refractivity contribution in [1.29, 1.82) is 0 Å². The van der Waals surface area contributed by atoms with Crippen molar-refractivity contribution in [2.45, 2.75) is 21.1 Å². The summed E-state index contributed by atoms with van der Waals surface area (Å²) in [5.41, 5.74) is 0.841. The third kappa shape index (κ3) is 2.34. The second kappa shape index (κ2) is 4.28. The van der Waals surface area contributed by atoms with Gasteiger partial charge in [-0.2, -0.15) is 0 Å². The predicted molar refractivity (Wildman–Crippen MR) is 63.4 cm³/mol. The summed E-state index contributed by atoms with van der Waals surface area (Å²) in [6, 6.07) is 4.92. The molecule has 1 aliphatic heterocycles. The third-order valence-electron chi connectivity index (χ3n) is 2.54. The van der Waals surface area contributed by atoms with Gasteiger partial charge in [0.25, 0.3) is 0 Å². The van der Waals surface area contributed by atoms with E-state index < -0.39 is 24.7 Å². The Labute approximate surface area is 98.9 Å². The van der Waals surface area contributed by atoms with Crippen LogP contribution in [0.5, 0.6) is 0 Å². The van der Waals surface area contributed by atoms with Crippen molar-refractivity contribution in [1.82, 2.24) is 0 Å². The van der Waals surface area contributed by atoms with Crippen LogP contribution in [0.25, 0.3) is 0 Å². The molecule has 1 heterocycles. The fourth-order valence-corrected chi connectivity index (χ4v) is 6.48.